The molecule has 0 amide bonds. The number of aryl methyl sites for hydroxylation is 3. The summed E-state index contributed by atoms with van der Waals surface area (Å²) in [6.45, 7) is 12.1. The van der Waals surface area contributed by atoms with Crippen LogP contribution in [0.25, 0.3) is 123 Å². The summed E-state index contributed by atoms with van der Waals surface area (Å²) in [6.07, 6.45) is 14.1. The Kier molecular flexibility index (Phi) is 19.6. The highest BCUT2D eigenvalue weighted by Crippen LogP contribution is 2.37. The molecule has 0 spiro atoms. The van der Waals surface area contributed by atoms with E-state index < -0.39 is 0 Å². The van der Waals surface area contributed by atoms with Gasteiger partial charge in [0, 0.05) is 108 Å². The number of para-hydroxylation sites is 3. The predicted molar refractivity (Wildman–Crippen MR) is 362 cm³/mol. The molecule has 9 aromatic carbocycles. The van der Waals surface area contributed by atoms with Crippen LogP contribution in [0.2, 0.25) is 0 Å². The van der Waals surface area contributed by atoms with Crippen molar-refractivity contribution in [1.29, 1.82) is 0 Å². The Labute approximate surface area is 550 Å². The van der Waals surface area contributed by atoms with Crippen LogP contribution >= 0.6 is 11.3 Å². The zero-order chi connectivity index (χ0) is 59.4. The summed E-state index contributed by atoms with van der Waals surface area (Å²) < 4.78 is 19.0. The molecule has 88 heavy (non-hydrogen) atoms. The zero-order valence-electron chi connectivity index (χ0n) is 50.4. The second-order valence-electron chi connectivity index (χ2n) is 21.5. The fraction of sp³-hybridized carbons (Fsp3) is 0.145. The first-order chi connectivity index (χ1) is 42.0. The van der Waals surface area contributed by atoms with E-state index in [9.17, 15) is 9.59 Å². The molecule has 0 saturated carbocycles. The molecule has 0 aliphatic carbocycles. The minimum atomic E-state index is -0.325. The van der Waals surface area contributed by atoms with Gasteiger partial charge in [0.05, 0.1) is 16.5 Å². The van der Waals surface area contributed by atoms with Crippen molar-refractivity contribution in [2.24, 2.45) is 21.1 Å². The van der Waals surface area contributed by atoms with Gasteiger partial charge in [0.25, 0.3) is 5.01 Å². The Hall–Kier alpha value is -8.57. The Morgan fingerprint density at radius 3 is 1.53 bits per heavy atom. The molecule has 5 aromatic heterocycles. The summed E-state index contributed by atoms with van der Waals surface area (Å²) in [5, 5.41) is 13.4. The lowest BCUT2D eigenvalue weighted by atomic mass is 9.92. The maximum atomic E-state index is 12.6. The molecule has 0 unspecified atom stereocenters. The van der Waals surface area contributed by atoms with E-state index in [4.69, 9.17) is 8.83 Å². The maximum absolute atomic E-state index is 12.6. The lowest BCUT2D eigenvalue weighted by molar-refractivity contribution is -0.646. The quantitative estimate of drug-likeness (QED) is 0.0525. The van der Waals surface area contributed by atoms with E-state index in [0.717, 1.165) is 76.0 Å². The van der Waals surface area contributed by atoms with Crippen molar-refractivity contribution < 1.29 is 70.5 Å². The highest BCUT2D eigenvalue weighted by atomic mass is 127. The number of fused-ring (bicyclic) bond motifs is 5. The molecule has 0 bridgehead atoms. The van der Waals surface area contributed by atoms with Crippen LogP contribution in [0.5, 0.6) is 0 Å². The van der Waals surface area contributed by atoms with E-state index in [-0.39, 0.29) is 59.2 Å². The molecular weight excluding hydrogens is 1330 g/mol. The molecule has 0 aliphatic heterocycles. The fourth-order valence-electron chi connectivity index (χ4n) is 11.8. The van der Waals surface area contributed by atoms with Crippen molar-refractivity contribution >= 4 is 145 Å². The van der Waals surface area contributed by atoms with Gasteiger partial charge in [-0.3, -0.25) is 0 Å². The number of pyridine rings is 2. The number of benzene rings is 9. The molecule has 0 atom stereocenters. The van der Waals surface area contributed by atoms with Gasteiger partial charge in [-0.05, 0) is 150 Å². The number of nitrogens with zero attached hydrogens (tertiary/aromatic N) is 5. The molecule has 14 aromatic rings. The lowest BCUT2D eigenvalue weighted by Gasteiger charge is -2.20. The van der Waals surface area contributed by atoms with E-state index in [1.54, 1.807) is 0 Å². The van der Waals surface area contributed by atoms with Crippen LogP contribution in [-0.4, -0.2) is 26.2 Å². The largest absolute Gasteiger partial charge is 1.00 e. The summed E-state index contributed by atoms with van der Waals surface area (Å²) in [5.74, 6) is 0. The van der Waals surface area contributed by atoms with Gasteiger partial charge >= 0.3 is 11.3 Å². The summed E-state index contributed by atoms with van der Waals surface area (Å²) in [6, 6.07) is 67.2. The lowest BCUT2D eigenvalue weighted by Crippen LogP contribution is -3.00. The molecular formula is C76H68I2N5O4S+. The summed E-state index contributed by atoms with van der Waals surface area (Å²) in [4.78, 5) is 29.5. The molecule has 14 rings (SSSR count). The van der Waals surface area contributed by atoms with E-state index in [2.05, 4.69) is 204 Å². The van der Waals surface area contributed by atoms with Gasteiger partial charge < -0.3 is 66.6 Å². The summed E-state index contributed by atoms with van der Waals surface area (Å²) in [7, 11) is 6.20. The van der Waals surface area contributed by atoms with Gasteiger partial charge in [0.1, 0.15) is 37.0 Å². The van der Waals surface area contributed by atoms with Gasteiger partial charge in [-0.25, -0.2) is 14.2 Å². The van der Waals surface area contributed by atoms with Crippen molar-refractivity contribution in [3.8, 4) is 0 Å². The normalized spacial score (nSPS) is 11.5. The predicted octanol–water partition coefficient (Wildman–Crippen LogP) is 10.4. The molecule has 0 N–H and O–H groups in total. The molecule has 440 valence electrons. The van der Waals surface area contributed by atoms with Gasteiger partial charge in [0.15, 0.2) is 6.20 Å². The zero-order valence-corrected chi connectivity index (χ0v) is 55.5. The molecule has 0 aliphatic rings. The van der Waals surface area contributed by atoms with Crippen LogP contribution < -0.4 is 82.7 Å². The van der Waals surface area contributed by atoms with Gasteiger partial charge in [-0.15, -0.1) is 0 Å². The van der Waals surface area contributed by atoms with E-state index in [0.29, 0.717) is 22.3 Å². The Balaban J connectivity index is 0.000000144. The highest BCUT2D eigenvalue weighted by molar-refractivity contribution is 7.18. The van der Waals surface area contributed by atoms with E-state index >= 15 is 0 Å². The minimum Gasteiger partial charge on any atom is -1.00 e. The first kappa shape index (κ1) is 62.5. The van der Waals surface area contributed by atoms with Gasteiger partial charge in [-0.1, -0.05) is 108 Å². The van der Waals surface area contributed by atoms with Crippen molar-refractivity contribution in [1.82, 2.24) is 0 Å². The van der Waals surface area contributed by atoms with Crippen LogP contribution in [0.15, 0.2) is 219 Å². The molecule has 0 radical (unpaired) electrons. The molecule has 0 saturated heterocycles. The van der Waals surface area contributed by atoms with Crippen LogP contribution in [0, 0.1) is 0 Å². The number of hydrogen-bond acceptors (Lipinski definition) is 7. The number of halogens is 2. The summed E-state index contributed by atoms with van der Waals surface area (Å²) >= 11 is 1.83. The topological polar surface area (TPSA) is 78.5 Å². The molecule has 12 heteroatoms. The van der Waals surface area contributed by atoms with Crippen LogP contribution in [0.1, 0.15) is 60.7 Å². The summed E-state index contributed by atoms with van der Waals surface area (Å²) in [5.41, 5.74) is 10.7. The number of rotatable bonds is 12. The first-order valence-electron chi connectivity index (χ1n) is 29.5. The number of anilines is 2. The average molecular weight is 1400 g/mol. The van der Waals surface area contributed by atoms with Gasteiger partial charge in [0.2, 0.25) is 22.2 Å². The van der Waals surface area contributed by atoms with Crippen molar-refractivity contribution in [3.05, 3.63) is 254 Å². The van der Waals surface area contributed by atoms with E-state index in [1.807, 2.05) is 117 Å². The highest BCUT2D eigenvalue weighted by Gasteiger charge is 2.17. The van der Waals surface area contributed by atoms with Crippen LogP contribution in [0.3, 0.4) is 0 Å². The third-order valence-corrected chi connectivity index (χ3v) is 17.7. The first-order valence-corrected chi connectivity index (χ1v) is 30.3. The SMILES string of the molecule is CCN(CC)c1ccc2cc(/C=C/c3cc[n+](C)c4ccccc34)c(=O)oc2c1.CCN(CC)c1ccc2cc(/C=C/c3ccc4ccccc4[n+]3C)c(=O)oc2c1.C[n+]1c(/C=C/c2ccc3ccc4cccc5ccc2c3c45)sc2ccccc21.[I-].[I-]. The maximum Gasteiger partial charge on any atom is 0.343 e. The monoisotopic (exact) mass is 1400 g/mol. The second-order valence-corrected chi connectivity index (χ2v) is 22.6. The van der Waals surface area contributed by atoms with Crippen molar-refractivity contribution in [2.75, 3.05) is 36.0 Å². The minimum absolute atomic E-state index is 0. The Morgan fingerprint density at radius 1 is 0.409 bits per heavy atom. The number of aromatic nitrogens is 3. The fourth-order valence-corrected chi connectivity index (χ4v) is 12.8. The molecule has 9 nitrogen and oxygen atoms in total. The smallest absolute Gasteiger partial charge is 0.343 e. The Bertz CT molecular complexity index is 5050. The molecule has 0 fully saturated rings. The molecule has 5 heterocycles. The van der Waals surface area contributed by atoms with Crippen LogP contribution in [0.4, 0.5) is 11.4 Å². The average Bonchev–Trinajstić information content (AvgIpc) is 1.19. The standard InChI is InChI=1S/C26H18NS.2C25H25N2O2.2HI/c1-27-22-7-2-3-8-23(22)28-24(27)16-14-17-9-10-20-12-11-18-5-4-6-19-13-15-21(17)26(20)25(18)19;1-4-27(5-2)22-15-11-19-16-20(25(28)29-24(19)17-22)12-14-21-13-10-18-8-6-7-9-23(18)26(21)3;1-4-27(5-2)21-13-12-19-16-20(25(28)29-24(19)17-21)11-10-18-14-15-26(3)23-9-7-6-8-22(18)23;;/h2-16H,1H3;2*6-17H,4-5H2,1-3H3;2*1H/q3*+1;;/p-2/b16-14+;;;;. The third-order valence-electron chi connectivity index (χ3n) is 16.6. The van der Waals surface area contributed by atoms with E-state index in [1.165, 1.54) is 58.5 Å². The van der Waals surface area contributed by atoms with Crippen molar-refractivity contribution in [2.45, 2.75) is 27.7 Å². The second kappa shape index (κ2) is 27.6. The van der Waals surface area contributed by atoms with Crippen LogP contribution in [-0.2, 0) is 21.1 Å². The van der Waals surface area contributed by atoms with Gasteiger partial charge in [-0.2, -0.15) is 9.13 Å². The Morgan fingerprint density at radius 2 is 0.898 bits per heavy atom. The number of thiazole rings is 1. The number of hydrogen-bond donors (Lipinski definition) is 0. The van der Waals surface area contributed by atoms with Crippen molar-refractivity contribution in [3.63, 3.8) is 0 Å². The third kappa shape index (κ3) is 12.7.